The second-order valence-corrected chi connectivity index (χ2v) is 3.10. The summed E-state index contributed by atoms with van der Waals surface area (Å²) in [7, 11) is 0. The molecule has 64 valence electrons. The molecule has 0 saturated heterocycles. The van der Waals surface area contributed by atoms with Crippen molar-refractivity contribution in [2.75, 3.05) is 17.6 Å². The van der Waals surface area contributed by atoms with Gasteiger partial charge in [-0.2, -0.15) is 0 Å². The Morgan fingerprint density at radius 1 is 1.42 bits per heavy atom. The Kier molecular flexibility index (Phi) is 1.57. The molecule has 3 nitrogen and oxygen atoms in total. The van der Waals surface area contributed by atoms with E-state index in [0.29, 0.717) is 5.69 Å². The zero-order chi connectivity index (χ0) is 8.55. The fourth-order valence-electron chi connectivity index (χ4n) is 1.61. The summed E-state index contributed by atoms with van der Waals surface area (Å²) < 4.78 is 0. The molecular weight excluding hydrogens is 152 g/mol. The number of nitrogen functional groups attached to an aromatic ring is 1. The number of hydrogen-bond acceptors (Lipinski definition) is 3. The van der Waals surface area contributed by atoms with Crippen LogP contribution in [0.1, 0.15) is 12.0 Å². The quantitative estimate of drug-likeness (QED) is 0.400. The van der Waals surface area contributed by atoms with Gasteiger partial charge < -0.3 is 16.2 Å². The number of nitrogens with two attached hydrogens (primary N) is 1. The van der Waals surface area contributed by atoms with Crippen molar-refractivity contribution in [2.24, 2.45) is 0 Å². The molecule has 1 heterocycles. The van der Waals surface area contributed by atoms with Gasteiger partial charge >= 0.3 is 0 Å². The molecule has 1 aromatic carbocycles. The lowest BCUT2D eigenvalue weighted by molar-refractivity contribution is 0.474. The summed E-state index contributed by atoms with van der Waals surface area (Å²) in [5, 5.41) is 12.5. The van der Waals surface area contributed by atoms with Crippen LogP contribution in [0.4, 0.5) is 11.4 Å². The third kappa shape index (κ3) is 1.07. The van der Waals surface area contributed by atoms with Gasteiger partial charge in [-0.25, -0.2) is 0 Å². The Hall–Kier alpha value is -1.38. The molecule has 0 radical (unpaired) electrons. The van der Waals surface area contributed by atoms with E-state index >= 15 is 0 Å². The highest BCUT2D eigenvalue weighted by Gasteiger charge is 2.11. The molecule has 0 atom stereocenters. The summed E-state index contributed by atoms with van der Waals surface area (Å²) in [5.74, 6) is 0.259. The molecule has 4 N–H and O–H groups in total. The molecule has 0 saturated carbocycles. The van der Waals surface area contributed by atoms with Gasteiger partial charge in [0.1, 0.15) is 5.75 Å². The van der Waals surface area contributed by atoms with Crippen molar-refractivity contribution in [1.82, 2.24) is 0 Å². The third-order valence-corrected chi connectivity index (χ3v) is 2.16. The first-order chi connectivity index (χ1) is 5.77. The van der Waals surface area contributed by atoms with Crippen molar-refractivity contribution >= 4 is 11.4 Å². The van der Waals surface area contributed by atoms with Crippen LogP contribution in [0, 0.1) is 0 Å². The Morgan fingerprint density at radius 3 is 3.08 bits per heavy atom. The van der Waals surface area contributed by atoms with Crippen LogP contribution >= 0.6 is 0 Å². The fourth-order valence-corrected chi connectivity index (χ4v) is 1.61. The van der Waals surface area contributed by atoms with E-state index in [2.05, 4.69) is 5.32 Å². The maximum Gasteiger partial charge on any atom is 0.118 e. The molecule has 2 rings (SSSR count). The van der Waals surface area contributed by atoms with E-state index in [0.717, 1.165) is 30.6 Å². The minimum atomic E-state index is 0.259. The maximum atomic E-state index is 9.26. The summed E-state index contributed by atoms with van der Waals surface area (Å²) in [5.41, 5.74) is 8.49. The second kappa shape index (κ2) is 2.59. The number of hydrogen-bond donors (Lipinski definition) is 3. The Labute approximate surface area is 71.2 Å². The molecule has 0 aliphatic carbocycles. The minimum absolute atomic E-state index is 0.259. The number of fused-ring (bicyclic) bond motifs is 1. The number of nitrogens with one attached hydrogen (secondary N) is 1. The predicted octanol–water partition coefficient (Wildman–Crippen LogP) is 1.33. The van der Waals surface area contributed by atoms with E-state index in [1.54, 1.807) is 12.1 Å². The number of phenols is 1. The predicted molar refractivity (Wildman–Crippen MR) is 49.3 cm³/mol. The van der Waals surface area contributed by atoms with Gasteiger partial charge in [-0.15, -0.1) is 0 Å². The standard InChI is InChI=1S/C9H12N2O/c10-8-5-7(12)4-6-2-1-3-11-9(6)8/h4-5,11-12H,1-3,10H2. The number of anilines is 2. The van der Waals surface area contributed by atoms with Crippen LogP contribution in [0.2, 0.25) is 0 Å². The van der Waals surface area contributed by atoms with Crippen LogP contribution in [0.15, 0.2) is 12.1 Å². The number of phenolic OH excluding ortho intramolecular Hbond substituents is 1. The number of aromatic hydroxyl groups is 1. The first kappa shape index (κ1) is 7.28. The van der Waals surface area contributed by atoms with Crippen molar-refractivity contribution in [1.29, 1.82) is 0 Å². The van der Waals surface area contributed by atoms with Crippen molar-refractivity contribution in [3.63, 3.8) is 0 Å². The summed E-state index contributed by atoms with van der Waals surface area (Å²) >= 11 is 0. The van der Waals surface area contributed by atoms with Gasteiger partial charge in [0.2, 0.25) is 0 Å². The SMILES string of the molecule is Nc1cc(O)cc2c1NCCC2. The van der Waals surface area contributed by atoms with Gasteiger partial charge in [0.05, 0.1) is 11.4 Å². The summed E-state index contributed by atoms with van der Waals surface area (Å²) in [6.07, 6.45) is 2.11. The first-order valence-corrected chi connectivity index (χ1v) is 4.12. The molecule has 0 amide bonds. The van der Waals surface area contributed by atoms with Crippen LogP contribution in [-0.4, -0.2) is 11.7 Å². The monoisotopic (exact) mass is 164 g/mol. The van der Waals surface area contributed by atoms with Crippen molar-refractivity contribution in [3.05, 3.63) is 17.7 Å². The lowest BCUT2D eigenvalue weighted by atomic mass is 10.0. The average molecular weight is 164 g/mol. The van der Waals surface area contributed by atoms with E-state index in [1.807, 2.05) is 0 Å². The lowest BCUT2D eigenvalue weighted by Gasteiger charge is -2.19. The van der Waals surface area contributed by atoms with Gasteiger partial charge in [0.15, 0.2) is 0 Å². The molecule has 0 aromatic heterocycles. The minimum Gasteiger partial charge on any atom is -0.508 e. The fraction of sp³-hybridized carbons (Fsp3) is 0.333. The van der Waals surface area contributed by atoms with Gasteiger partial charge in [-0.3, -0.25) is 0 Å². The van der Waals surface area contributed by atoms with Gasteiger partial charge in [-0.1, -0.05) is 0 Å². The highest BCUT2D eigenvalue weighted by atomic mass is 16.3. The Balaban J connectivity index is 2.53. The normalized spacial score (nSPS) is 15.0. The maximum absolute atomic E-state index is 9.26. The van der Waals surface area contributed by atoms with Gasteiger partial charge in [0, 0.05) is 12.6 Å². The van der Waals surface area contributed by atoms with Crippen LogP contribution in [-0.2, 0) is 6.42 Å². The molecule has 1 aliphatic rings. The molecule has 0 spiro atoms. The third-order valence-electron chi connectivity index (χ3n) is 2.16. The lowest BCUT2D eigenvalue weighted by Crippen LogP contribution is -2.13. The van der Waals surface area contributed by atoms with E-state index in [-0.39, 0.29) is 5.75 Å². The van der Waals surface area contributed by atoms with Crippen LogP contribution < -0.4 is 11.1 Å². The van der Waals surface area contributed by atoms with E-state index in [9.17, 15) is 5.11 Å². The summed E-state index contributed by atoms with van der Waals surface area (Å²) in [6, 6.07) is 3.36. The van der Waals surface area contributed by atoms with E-state index in [4.69, 9.17) is 5.73 Å². The molecular formula is C9H12N2O. The largest absolute Gasteiger partial charge is 0.508 e. The zero-order valence-corrected chi connectivity index (χ0v) is 6.80. The van der Waals surface area contributed by atoms with Crippen LogP contribution in [0.25, 0.3) is 0 Å². The Bertz CT molecular complexity index is 310. The van der Waals surface area contributed by atoms with Crippen molar-refractivity contribution < 1.29 is 5.11 Å². The zero-order valence-electron chi connectivity index (χ0n) is 6.80. The van der Waals surface area contributed by atoms with Crippen molar-refractivity contribution in [2.45, 2.75) is 12.8 Å². The average Bonchev–Trinajstić information content (AvgIpc) is 2.04. The van der Waals surface area contributed by atoms with Gasteiger partial charge in [0.25, 0.3) is 0 Å². The highest BCUT2D eigenvalue weighted by Crippen LogP contribution is 2.31. The van der Waals surface area contributed by atoms with E-state index in [1.165, 1.54) is 0 Å². The Morgan fingerprint density at radius 2 is 2.25 bits per heavy atom. The first-order valence-electron chi connectivity index (χ1n) is 4.12. The number of benzene rings is 1. The molecule has 3 heteroatoms. The molecule has 1 aliphatic heterocycles. The van der Waals surface area contributed by atoms with Crippen molar-refractivity contribution in [3.8, 4) is 5.75 Å². The molecule has 1 aromatic rings. The highest BCUT2D eigenvalue weighted by molar-refractivity contribution is 5.73. The number of aryl methyl sites for hydroxylation is 1. The molecule has 12 heavy (non-hydrogen) atoms. The molecule has 0 unspecified atom stereocenters. The van der Waals surface area contributed by atoms with E-state index < -0.39 is 0 Å². The summed E-state index contributed by atoms with van der Waals surface area (Å²) in [4.78, 5) is 0. The van der Waals surface area contributed by atoms with Crippen LogP contribution in [0.3, 0.4) is 0 Å². The summed E-state index contributed by atoms with van der Waals surface area (Å²) in [6.45, 7) is 0.974. The van der Waals surface area contributed by atoms with Gasteiger partial charge in [-0.05, 0) is 24.5 Å². The van der Waals surface area contributed by atoms with Crippen LogP contribution in [0.5, 0.6) is 5.75 Å². The topological polar surface area (TPSA) is 58.3 Å². The molecule has 0 bridgehead atoms. The second-order valence-electron chi connectivity index (χ2n) is 3.10. The number of rotatable bonds is 0. The smallest absolute Gasteiger partial charge is 0.118 e. The molecule has 0 fully saturated rings.